The Morgan fingerprint density at radius 2 is 2.04 bits per heavy atom. The van der Waals surface area contributed by atoms with Gasteiger partial charge in [0, 0.05) is 28.7 Å². The van der Waals surface area contributed by atoms with Crippen LogP contribution in [0.3, 0.4) is 0 Å². The van der Waals surface area contributed by atoms with Gasteiger partial charge in [-0.25, -0.2) is 8.78 Å². The second-order valence-electron chi connectivity index (χ2n) is 6.16. The molecule has 9 heteroatoms. The van der Waals surface area contributed by atoms with E-state index in [4.69, 9.17) is 11.6 Å². The van der Waals surface area contributed by atoms with Crippen molar-refractivity contribution in [1.82, 2.24) is 0 Å². The molecule has 2 aromatic carbocycles. The molecule has 0 aliphatic carbocycles. The Hall–Kier alpha value is -2.05. The van der Waals surface area contributed by atoms with Crippen LogP contribution < -0.4 is 4.90 Å². The summed E-state index contributed by atoms with van der Waals surface area (Å²) in [5.41, 5.74) is -1.42. The zero-order valence-electron chi connectivity index (χ0n) is 14.6. The van der Waals surface area contributed by atoms with Crippen molar-refractivity contribution in [2.24, 2.45) is 0 Å². The predicted molar refractivity (Wildman–Crippen MR) is 109 cm³/mol. The number of fused-ring (bicyclic) bond motifs is 1. The summed E-state index contributed by atoms with van der Waals surface area (Å²) in [5.74, 6) is -2.65. The third-order valence-electron chi connectivity index (χ3n) is 4.16. The molecule has 1 heterocycles. The number of benzene rings is 2. The summed E-state index contributed by atoms with van der Waals surface area (Å²) in [6.07, 6.45) is 1.03. The number of anilines is 1. The minimum Gasteiger partial charge on any atom is -0.344 e. The molecule has 1 N–H and O–H groups in total. The molecule has 2 unspecified atom stereocenters. The highest BCUT2D eigenvalue weighted by Crippen LogP contribution is 2.55. The van der Waals surface area contributed by atoms with Crippen LogP contribution in [0.15, 0.2) is 54.6 Å². The molecular weight excluding hydrogens is 427 g/mol. The summed E-state index contributed by atoms with van der Waals surface area (Å²) in [5, 5.41) is 2.58. The van der Waals surface area contributed by atoms with Crippen LogP contribution in [0.1, 0.15) is 11.2 Å². The largest absolute Gasteiger partial charge is 0.344 e. The Morgan fingerprint density at radius 3 is 2.64 bits per heavy atom. The van der Waals surface area contributed by atoms with E-state index >= 15 is 0 Å². The molecule has 4 nitrogen and oxygen atoms in total. The summed E-state index contributed by atoms with van der Waals surface area (Å²) in [4.78, 5) is 24.4. The minimum atomic E-state index is -4.02. The standard InChI is InChI=1S/C19H15ClF2NO3PS/c1-3-23(16-6-5-12(21)9-15(16)22)19(24)18(27(2,25)26)14-10-28-17-7-4-11(20)8-13(14)17/h3-10,18H,1H2,2H3,(H,25,26). The molecule has 0 spiro atoms. The Bertz CT molecular complexity index is 1130. The van der Waals surface area contributed by atoms with Crippen LogP contribution in [0.5, 0.6) is 0 Å². The van der Waals surface area contributed by atoms with E-state index in [0.29, 0.717) is 22.0 Å². The van der Waals surface area contributed by atoms with Gasteiger partial charge in [-0.2, -0.15) is 0 Å². The average Bonchev–Trinajstić information content (AvgIpc) is 2.99. The van der Waals surface area contributed by atoms with E-state index in [9.17, 15) is 23.0 Å². The molecule has 1 amide bonds. The lowest BCUT2D eigenvalue weighted by molar-refractivity contribution is -0.117. The van der Waals surface area contributed by atoms with Crippen molar-refractivity contribution in [3.05, 3.63) is 76.8 Å². The number of halogens is 3. The second kappa shape index (κ2) is 7.76. The molecule has 3 rings (SSSR count). The van der Waals surface area contributed by atoms with Gasteiger partial charge in [0.25, 0.3) is 0 Å². The first kappa shape index (κ1) is 20.7. The third-order valence-corrected chi connectivity index (χ3v) is 6.84. The van der Waals surface area contributed by atoms with Crippen molar-refractivity contribution >= 4 is 52.0 Å². The number of nitrogens with zero attached hydrogens (tertiary/aromatic N) is 1. The first-order chi connectivity index (χ1) is 13.1. The Labute approximate surface area is 169 Å². The van der Waals surface area contributed by atoms with Crippen LogP contribution in [0, 0.1) is 11.6 Å². The number of thiophene rings is 1. The Balaban J connectivity index is 2.16. The topological polar surface area (TPSA) is 57.6 Å². The quantitative estimate of drug-likeness (QED) is 0.498. The van der Waals surface area contributed by atoms with E-state index in [1.165, 1.54) is 11.3 Å². The summed E-state index contributed by atoms with van der Waals surface area (Å²) in [6.45, 7) is 4.56. The fourth-order valence-electron chi connectivity index (χ4n) is 2.94. The molecule has 28 heavy (non-hydrogen) atoms. The SMILES string of the molecule is C=CN(C(=O)C(c1csc2ccc(Cl)cc12)P(C)(=O)O)c1ccc(F)cc1F. The minimum absolute atomic E-state index is 0.266. The van der Waals surface area contributed by atoms with E-state index in [-0.39, 0.29) is 5.69 Å². The lowest BCUT2D eigenvalue weighted by Gasteiger charge is -2.26. The van der Waals surface area contributed by atoms with E-state index in [1.807, 2.05) is 0 Å². The molecule has 2 atom stereocenters. The molecule has 146 valence electrons. The van der Waals surface area contributed by atoms with Crippen molar-refractivity contribution in [3.8, 4) is 0 Å². The first-order valence-electron chi connectivity index (χ1n) is 8.00. The van der Waals surface area contributed by atoms with Crippen LogP contribution in [0.2, 0.25) is 5.02 Å². The molecule has 3 aromatic rings. The van der Waals surface area contributed by atoms with Crippen molar-refractivity contribution in [2.45, 2.75) is 5.66 Å². The number of hydrogen-bond donors (Lipinski definition) is 1. The van der Waals surface area contributed by atoms with E-state index in [1.54, 1.807) is 23.6 Å². The predicted octanol–water partition coefficient (Wildman–Crippen LogP) is 5.95. The number of amides is 1. The molecule has 0 radical (unpaired) electrons. The molecule has 0 saturated carbocycles. The van der Waals surface area contributed by atoms with Gasteiger partial charge in [0.15, 0.2) is 0 Å². The van der Waals surface area contributed by atoms with E-state index in [2.05, 4.69) is 6.58 Å². The van der Waals surface area contributed by atoms with E-state index < -0.39 is 30.6 Å². The lowest BCUT2D eigenvalue weighted by atomic mass is 10.1. The fourth-order valence-corrected chi connectivity index (χ4v) is 5.45. The number of carbonyl (C=O) groups is 1. The van der Waals surface area contributed by atoms with Crippen LogP contribution in [0.25, 0.3) is 10.1 Å². The lowest BCUT2D eigenvalue weighted by Crippen LogP contribution is -2.31. The molecule has 0 fully saturated rings. The number of hydrogen-bond acceptors (Lipinski definition) is 3. The maximum absolute atomic E-state index is 14.2. The van der Waals surface area contributed by atoms with Crippen molar-refractivity contribution in [2.75, 3.05) is 11.6 Å². The number of rotatable bonds is 5. The van der Waals surface area contributed by atoms with Gasteiger partial charge < -0.3 is 4.89 Å². The fraction of sp³-hybridized carbons (Fsp3) is 0.105. The Morgan fingerprint density at radius 1 is 1.32 bits per heavy atom. The molecule has 1 aromatic heterocycles. The zero-order valence-corrected chi connectivity index (χ0v) is 17.1. The van der Waals surface area contributed by atoms with Crippen LogP contribution >= 0.6 is 30.3 Å². The highest BCUT2D eigenvalue weighted by molar-refractivity contribution is 7.58. The van der Waals surface area contributed by atoms with Gasteiger partial charge in [-0.05, 0) is 46.7 Å². The van der Waals surface area contributed by atoms with E-state index in [0.717, 1.165) is 34.6 Å². The molecule has 0 saturated heterocycles. The van der Waals surface area contributed by atoms with Crippen LogP contribution in [-0.4, -0.2) is 17.5 Å². The highest BCUT2D eigenvalue weighted by atomic mass is 35.5. The van der Waals surface area contributed by atoms with Gasteiger partial charge in [-0.15, -0.1) is 11.3 Å². The number of carbonyl (C=O) groups excluding carboxylic acids is 1. The summed E-state index contributed by atoms with van der Waals surface area (Å²) >= 11 is 7.34. The van der Waals surface area contributed by atoms with Crippen molar-refractivity contribution < 1.29 is 23.0 Å². The first-order valence-corrected chi connectivity index (χ1v) is 11.4. The van der Waals surface area contributed by atoms with Gasteiger partial charge in [-0.3, -0.25) is 14.3 Å². The van der Waals surface area contributed by atoms with Gasteiger partial charge in [0.05, 0.1) is 5.69 Å². The maximum atomic E-state index is 14.2. The second-order valence-corrected chi connectivity index (χ2v) is 9.91. The third kappa shape index (κ3) is 3.89. The maximum Gasteiger partial charge on any atom is 0.248 e. The van der Waals surface area contributed by atoms with Crippen LogP contribution in [-0.2, 0) is 9.36 Å². The Kier molecular flexibility index (Phi) is 5.73. The zero-order chi connectivity index (χ0) is 20.6. The summed E-state index contributed by atoms with van der Waals surface area (Å²) < 4.78 is 40.9. The molecule has 0 aliphatic rings. The van der Waals surface area contributed by atoms with Crippen LogP contribution in [0.4, 0.5) is 14.5 Å². The summed E-state index contributed by atoms with van der Waals surface area (Å²) in [6, 6.07) is 7.71. The van der Waals surface area contributed by atoms with Gasteiger partial charge in [0.2, 0.25) is 13.3 Å². The smallest absolute Gasteiger partial charge is 0.248 e. The van der Waals surface area contributed by atoms with Gasteiger partial charge in [-0.1, -0.05) is 18.2 Å². The molecular formula is C19H15ClF2NO3PS. The van der Waals surface area contributed by atoms with Crippen molar-refractivity contribution in [1.29, 1.82) is 0 Å². The monoisotopic (exact) mass is 441 g/mol. The normalized spacial score (nSPS) is 14.5. The highest BCUT2D eigenvalue weighted by Gasteiger charge is 2.39. The molecule has 0 aliphatic heterocycles. The van der Waals surface area contributed by atoms with Crippen molar-refractivity contribution in [3.63, 3.8) is 0 Å². The van der Waals surface area contributed by atoms with Gasteiger partial charge >= 0.3 is 0 Å². The van der Waals surface area contributed by atoms with Gasteiger partial charge in [0.1, 0.15) is 17.3 Å². The summed E-state index contributed by atoms with van der Waals surface area (Å²) in [7, 11) is -4.02. The molecule has 0 bridgehead atoms. The average molecular weight is 442 g/mol.